The van der Waals surface area contributed by atoms with Crippen molar-refractivity contribution >= 4 is 101 Å². The molecule has 6 unspecified atom stereocenters. The first-order chi connectivity index (χ1) is 37.1. The van der Waals surface area contributed by atoms with E-state index in [0.717, 1.165) is 78.6 Å². The summed E-state index contributed by atoms with van der Waals surface area (Å²) in [7, 11) is 0. The fourth-order valence-corrected chi connectivity index (χ4v) is 16.0. The Kier molecular flexibility index (Phi) is 13.1. The largest absolute Gasteiger partial charge is 0.478 e. The van der Waals surface area contributed by atoms with Crippen LogP contribution in [-0.4, -0.2) is 53.8 Å². The SMILES string of the molecule is O=C(O)c1cc(F)c2nc([C@]3(O)CC4CC3CC4OCc3c(-c4c(Cl)cccc4Cl)noc3C3CC3)sc2c1.[C-]#[N+]c1cc(F)c2nc([C@]3(O)CC4CC3CC4OCc3c(-c4c(Cl)cccc4Cl)noc3C3CC3)sc2c1. The van der Waals surface area contributed by atoms with Crippen LogP contribution in [0, 0.1) is 41.9 Å². The Morgan fingerprint density at radius 2 is 1.13 bits per heavy atom. The van der Waals surface area contributed by atoms with Gasteiger partial charge in [-0.05, 0) is 136 Å². The van der Waals surface area contributed by atoms with Gasteiger partial charge in [-0.3, -0.25) is 0 Å². The summed E-state index contributed by atoms with van der Waals surface area (Å²) in [5.41, 5.74) is 2.34. The summed E-state index contributed by atoms with van der Waals surface area (Å²) < 4.78 is 54.5. The van der Waals surface area contributed by atoms with Gasteiger partial charge in [0.2, 0.25) is 0 Å². The summed E-state index contributed by atoms with van der Waals surface area (Å²) in [4.78, 5) is 23.6. The van der Waals surface area contributed by atoms with E-state index >= 15 is 0 Å². The van der Waals surface area contributed by atoms with E-state index in [0.29, 0.717) is 113 Å². The maximum absolute atomic E-state index is 14.6. The number of aromatic carboxylic acids is 1. The minimum Gasteiger partial charge on any atom is -0.478 e. The number of hydrogen-bond donors (Lipinski definition) is 3. The van der Waals surface area contributed by atoms with Gasteiger partial charge in [0.05, 0.1) is 62.3 Å². The highest BCUT2D eigenvalue weighted by atomic mass is 35.5. The Hall–Kier alpha value is -5.10. The zero-order valence-corrected chi connectivity index (χ0v) is 45.2. The monoisotopic (exact) mass is 1160 g/mol. The molecule has 8 atom stereocenters. The number of aromatic nitrogens is 4. The molecule has 14 rings (SSSR count). The average molecular weight is 1160 g/mol. The molecule has 0 aliphatic heterocycles. The maximum atomic E-state index is 14.6. The molecule has 13 nitrogen and oxygen atoms in total. The van der Waals surface area contributed by atoms with Crippen LogP contribution in [0.1, 0.15) is 119 Å². The molecular weight excluding hydrogens is 1110 g/mol. The van der Waals surface area contributed by atoms with Gasteiger partial charge in [0.25, 0.3) is 0 Å². The fraction of sp³-hybridized carbons (Fsp3) is 0.393. The molecule has 4 heterocycles. The second kappa shape index (κ2) is 19.6. The Labute approximate surface area is 466 Å². The van der Waals surface area contributed by atoms with Gasteiger partial charge in [0.1, 0.15) is 61.0 Å². The lowest BCUT2D eigenvalue weighted by Gasteiger charge is -2.34. The van der Waals surface area contributed by atoms with E-state index in [9.17, 15) is 28.9 Å². The number of ether oxygens (including phenoxy) is 2. The molecule has 4 aromatic heterocycles. The quantitative estimate of drug-likeness (QED) is 0.0932. The van der Waals surface area contributed by atoms with Gasteiger partial charge >= 0.3 is 5.97 Å². The molecule has 4 aromatic carbocycles. The number of halogens is 6. The summed E-state index contributed by atoms with van der Waals surface area (Å²) >= 11 is 28.4. The molecule has 77 heavy (non-hydrogen) atoms. The van der Waals surface area contributed by atoms with Gasteiger partial charge in [-0.15, -0.1) is 22.7 Å². The molecule has 6 aliphatic rings. The van der Waals surface area contributed by atoms with Crippen LogP contribution in [0.15, 0.2) is 69.7 Å². The Morgan fingerprint density at radius 1 is 0.688 bits per heavy atom. The smallest absolute Gasteiger partial charge is 0.335 e. The first kappa shape index (κ1) is 51.3. The van der Waals surface area contributed by atoms with Crippen LogP contribution >= 0.6 is 69.1 Å². The molecule has 8 aromatic rings. The predicted octanol–water partition coefficient (Wildman–Crippen LogP) is 15.2. The van der Waals surface area contributed by atoms with Crippen LogP contribution < -0.4 is 0 Å². The number of thiazole rings is 2. The third-order valence-electron chi connectivity index (χ3n) is 16.6. The van der Waals surface area contributed by atoms with Crippen molar-refractivity contribution in [2.45, 2.75) is 113 Å². The highest BCUT2D eigenvalue weighted by molar-refractivity contribution is 7.19. The topological polar surface area (TPSA) is 178 Å². The number of benzene rings is 4. The number of rotatable bonds is 13. The number of carboxylic acid groups (broad SMARTS) is 1. The van der Waals surface area contributed by atoms with Crippen LogP contribution in [0.25, 0.3) is 47.8 Å². The minimum absolute atomic E-state index is 0.0309. The second-order valence-electron chi connectivity index (χ2n) is 21.3. The maximum Gasteiger partial charge on any atom is 0.335 e. The molecular formula is C56H45Cl4F2N5O8S2. The van der Waals surface area contributed by atoms with E-state index in [1.54, 1.807) is 42.5 Å². The zero-order chi connectivity index (χ0) is 53.2. The lowest BCUT2D eigenvalue weighted by Crippen LogP contribution is -2.37. The molecule has 0 radical (unpaired) electrons. The average Bonchev–Trinajstić information content (AvgIpc) is 3.84. The lowest BCUT2D eigenvalue weighted by molar-refractivity contribution is -0.0726. The van der Waals surface area contributed by atoms with Crippen LogP contribution in [0.2, 0.25) is 20.1 Å². The fourth-order valence-electron chi connectivity index (χ4n) is 12.4. The number of carbonyl (C=O) groups is 1. The summed E-state index contributed by atoms with van der Waals surface area (Å²) in [5.74, 6) is -0.0109. The number of aliphatic hydroxyl groups is 2. The number of hydrogen-bond acceptors (Lipinski definition) is 13. The van der Waals surface area contributed by atoms with E-state index in [4.69, 9.17) is 71.5 Å². The van der Waals surface area contributed by atoms with Crippen LogP contribution in [0.5, 0.6) is 0 Å². The van der Waals surface area contributed by atoms with E-state index in [2.05, 4.69) is 25.1 Å². The summed E-state index contributed by atoms with van der Waals surface area (Å²) in [6, 6.07) is 15.9. The Morgan fingerprint density at radius 3 is 1.53 bits per heavy atom. The summed E-state index contributed by atoms with van der Waals surface area (Å²) in [6.45, 7) is 7.81. The summed E-state index contributed by atoms with van der Waals surface area (Å²) in [5, 5.41) is 44.2. The first-order valence-electron chi connectivity index (χ1n) is 25.4. The Bertz CT molecular complexity index is 3700. The molecule has 6 saturated carbocycles. The predicted molar refractivity (Wildman–Crippen MR) is 287 cm³/mol. The Balaban J connectivity index is 0.000000147. The number of fused-ring (bicyclic) bond motifs is 6. The van der Waals surface area contributed by atoms with E-state index in [-0.39, 0.29) is 58.2 Å². The van der Waals surface area contributed by atoms with Gasteiger partial charge in [-0.1, -0.05) is 68.8 Å². The molecule has 4 bridgehead atoms. The van der Waals surface area contributed by atoms with E-state index < -0.39 is 28.8 Å². The van der Waals surface area contributed by atoms with E-state index in [1.807, 2.05) is 0 Å². The van der Waals surface area contributed by atoms with Gasteiger partial charge in [0.15, 0.2) is 11.5 Å². The summed E-state index contributed by atoms with van der Waals surface area (Å²) in [6.07, 6.45) is 7.92. The molecule has 0 spiro atoms. The standard InChI is InChI=1S/C28H22Cl2FN3O3S.C28H23Cl2FN2O5S/c1-32-16-9-20(31)25-22(10-16)38-27(33-25)28(35)11-14-7-15(28)8-21(14)36-12-17-24(34-37-26(17)13-5-6-13)23-18(29)3-2-4-19(23)30;29-17-2-1-3-18(30)22(17)23-16(25(38-33-23)12-4-5-12)11-37-20-9-15-6-14(20)10-28(15,36)27-32-24-19(31)7-13(26(34)35)8-21(24)39-27/h2-4,9-10,13-15,21,35H,5-8,11-12H2;1-3,7-8,12,14-15,20,36H,4-6,9-11H2,(H,34,35)/t14?,15?,21?,28-;14?,15?,20?,28-/m00/s1. The van der Waals surface area contributed by atoms with Crippen molar-refractivity contribution in [1.82, 2.24) is 20.3 Å². The molecule has 21 heteroatoms. The van der Waals surface area contributed by atoms with Gasteiger partial charge < -0.3 is 33.8 Å². The third kappa shape index (κ3) is 9.05. The first-order valence-corrected chi connectivity index (χ1v) is 28.6. The van der Waals surface area contributed by atoms with Gasteiger partial charge in [0, 0.05) is 38.8 Å². The van der Waals surface area contributed by atoms with Crippen LogP contribution in [-0.2, 0) is 33.9 Å². The van der Waals surface area contributed by atoms with Crippen molar-refractivity contribution in [1.29, 1.82) is 0 Å². The zero-order valence-electron chi connectivity index (χ0n) is 40.6. The number of nitrogens with zero attached hydrogens (tertiary/aromatic N) is 5. The second-order valence-corrected chi connectivity index (χ2v) is 25.0. The molecule has 0 saturated heterocycles. The van der Waals surface area contributed by atoms with Crippen molar-refractivity contribution in [3.63, 3.8) is 0 Å². The molecule has 6 fully saturated rings. The highest BCUT2D eigenvalue weighted by Gasteiger charge is 2.58. The highest BCUT2D eigenvalue weighted by Crippen LogP contribution is 2.60. The minimum atomic E-state index is -1.21. The van der Waals surface area contributed by atoms with Crippen molar-refractivity contribution in [2.75, 3.05) is 0 Å². The molecule has 0 amide bonds. The van der Waals surface area contributed by atoms with Gasteiger partial charge in [-0.25, -0.2) is 28.4 Å². The van der Waals surface area contributed by atoms with Crippen molar-refractivity contribution in [3.8, 4) is 22.5 Å². The van der Waals surface area contributed by atoms with Crippen molar-refractivity contribution in [2.24, 2.45) is 23.7 Å². The molecule has 6 aliphatic carbocycles. The normalized spacial score (nSPS) is 26.2. The van der Waals surface area contributed by atoms with Gasteiger partial charge in [-0.2, -0.15) is 0 Å². The van der Waals surface area contributed by atoms with Crippen LogP contribution in [0.3, 0.4) is 0 Å². The lowest BCUT2D eigenvalue weighted by atomic mass is 9.83. The molecule has 3 N–H and O–H groups in total. The van der Waals surface area contributed by atoms with Crippen LogP contribution in [0.4, 0.5) is 14.5 Å². The van der Waals surface area contributed by atoms with E-state index in [1.165, 1.54) is 23.5 Å². The van der Waals surface area contributed by atoms with Crippen molar-refractivity contribution < 1.29 is 47.4 Å². The molecule has 396 valence electrons. The number of carboxylic acids is 1. The van der Waals surface area contributed by atoms with Crippen molar-refractivity contribution in [3.05, 3.63) is 142 Å². The third-order valence-corrected chi connectivity index (χ3v) is 20.2.